The number of amides is 1. The zero-order valence-electron chi connectivity index (χ0n) is 12.3. The Morgan fingerprint density at radius 2 is 2.13 bits per heavy atom. The number of nitrogens with zero attached hydrogens (tertiary/aromatic N) is 4. The SMILES string of the molecule is COc1cc(N(C)C(=O)c2ccc3ncc(Br)n3n2)ccc1F. The summed E-state index contributed by atoms with van der Waals surface area (Å²) < 4.78 is 20.6. The van der Waals surface area contributed by atoms with E-state index in [1.165, 1.54) is 34.7 Å². The second-order valence-corrected chi connectivity index (χ2v) is 5.56. The van der Waals surface area contributed by atoms with Crippen molar-refractivity contribution in [3.8, 4) is 5.75 Å². The van der Waals surface area contributed by atoms with Crippen LogP contribution in [0.1, 0.15) is 10.5 Å². The van der Waals surface area contributed by atoms with E-state index in [-0.39, 0.29) is 17.4 Å². The molecule has 0 saturated heterocycles. The number of methoxy groups -OCH3 is 1. The third-order valence-corrected chi connectivity index (χ3v) is 3.91. The summed E-state index contributed by atoms with van der Waals surface area (Å²) in [5.74, 6) is -0.747. The molecule has 0 aliphatic rings. The van der Waals surface area contributed by atoms with Crippen molar-refractivity contribution < 1.29 is 13.9 Å². The maximum Gasteiger partial charge on any atom is 0.278 e. The van der Waals surface area contributed by atoms with Gasteiger partial charge in [0, 0.05) is 18.8 Å². The number of rotatable bonds is 3. The van der Waals surface area contributed by atoms with E-state index in [2.05, 4.69) is 26.0 Å². The van der Waals surface area contributed by atoms with Crippen LogP contribution in [0, 0.1) is 5.82 Å². The average Bonchev–Trinajstić information content (AvgIpc) is 2.94. The number of halogens is 2. The van der Waals surface area contributed by atoms with Gasteiger partial charge in [0.1, 0.15) is 10.3 Å². The molecule has 0 N–H and O–H groups in total. The van der Waals surface area contributed by atoms with Crippen molar-refractivity contribution in [3.05, 3.63) is 52.6 Å². The number of fused-ring (bicyclic) bond motifs is 1. The lowest BCUT2D eigenvalue weighted by atomic mass is 10.2. The Hall–Kier alpha value is -2.48. The summed E-state index contributed by atoms with van der Waals surface area (Å²) in [5, 5.41) is 4.25. The highest BCUT2D eigenvalue weighted by Crippen LogP contribution is 2.24. The smallest absolute Gasteiger partial charge is 0.278 e. The monoisotopic (exact) mass is 378 g/mol. The van der Waals surface area contributed by atoms with Crippen molar-refractivity contribution in [1.29, 1.82) is 0 Å². The Morgan fingerprint density at radius 1 is 1.35 bits per heavy atom. The van der Waals surface area contributed by atoms with E-state index in [1.807, 2.05) is 0 Å². The largest absolute Gasteiger partial charge is 0.494 e. The van der Waals surface area contributed by atoms with Gasteiger partial charge in [-0.3, -0.25) is 4.79 Å². The van der Waals surface area contributed by atoms with E-state index >= 15 is 0 Å². The molecule has 0 unspecified atom stereocenters. The highest BCUT2D eigenvalue weighted by atomic mass is 79.9. The molecule has 2 aromatic heterocycles. The van der Waals surface area contributed by atoms with Gasteiger partial charge in [-0.25, -0.2) is 13.9 Å². The van der Waals surface area contributed by atoms with Crippen LogP contribution in [-0.4, -0.2) is 34.7 Å². The fourth-order valence-corrected chi connectivity index (χ4v) is 2.47. The summed E-state index contributed by atoms with van der Waals surface area (Å²) in [6, 6.07) is 7.50. The number of imidazole rings is 1. The predicted octanol–water partition coefficient (Wildman–Crippen LogP) is 2.92. The van der Waals surface area contributed by atoms with Gasteiger partial charge in [-0.1, -0.05) is 0 Å². The van der Waals surface area contributed by atoms with Gasteiger partial charge in [0.15, 0.2) is 17.2 Å². The van der Waals surface area contributed by atoms with Crippen LogP contribution in [0.15, 0.2) is 41.1 Å². The molecule has 2 heterocycles. The van der Waals surface area contributed by atoms with E-state index in [1.54, 1.807) is 25.4 Å². The Balaban J connectivity index is 1.95. The maximum absolute atomic E-state index is 13.5. The minimum absolute atomic E-state index is 0.0721. The molecule has 8 heteroatoms. The number of anilines is 1. The zero-order chi connectivity index (χ0) is 16.6. The Labute approximate surface area is 139 Å². The molecular formula is C15H12BrFN4O2. The topological polar surface area (TPSA) is 59.7 Å². The summed E-state index contributed by atoms with van der Waals surface area (Å²) in [5.41, 5.74) is 1.36. The van der Waals surface area contributed by atoms with Crippen LogP contribution in [0.3, 0.4) is 0 Å². The summed E-state index contributed by atoms with van der Waals surface area (Å²) >= 11 is 3.31. The van der Waals surface area contributed by atoms with Gasteiger partial charge in [-0.05, 0) is 40.2 Å². The summed E-state index contributed by atoms with van der Waals surface area (Å²) in [4.78, 5) is 18.1. The number of hydrogen-bond acceptors (Lipinski definition) is 4. The van der Waals surface area contributed by atoms with Gasteiger partial charge in [0.05, 0.1) is 13.3 Å². The van der Waals surface area contributed by atoms with Crippen LogP contribution in [0.2, 0.25) is 0 Å². The molecule has 0 radical (unpaired) electrons. The Morgan fingerprint density at radius 3 is 2.87 bits per heavy atom. The summed E-state index contributed by atoms with van der Waals surface area (Å²) in [6.45, 7) is 0. The number of benzene rings is 1. The lowest BCUT2D eigenvalue weighted by Crippen LogP contribution is -2.27. The number of aromatic nitrogens is 3. The van der Waals surface area contributed by atoms with Crippen molar-refractivity contribution in [2.45, 2.75) is 0 Å². The molecule has 3 aromatic rings. The molecule has 118 valence electrons. The summed E-state index contributed by atoms with van der Waals surface area (Å²) in [7, 11) is 2.96. The molecule has 0 aliphatic carbocycles. The van der Waals surface area contributed by atoms with Crippen LogP contribution in [0.4, 0.5) is 10.1 Å². The fourth-order valence-electron chi connectivity index (χ4n) is 2.11. The molecule has 0 atom stereocenters. The molecule has 23 heavy (non-hydrogen) atoms. The number of hydrogen-bond donors (Lipinski definition) is 0. The minimum Gasteiger partial charge on any atom is -0.494 e. The van der Waals surface area contributed by atoms with E-state index in [0.29, 0.717) is 15.9 Å². The van der Waals surface area contributed by atoms with Crippen molar-refractivity contribution in [3.63, 3.8) is 0 Å². The van der Waals surface area contributed by atoms with Crippen LogP contribution in [0.25, 0.3) is 5.65 Å². The molecule has 0 bridgehead atoms. The molecule has 1 aromatic carbocycles. The normalized spacial score (nSPS) is 10.8. The van der Waals surface area contributed by atoms with E-state index in [9.17, 15) is 9.18 Å². The Kier molecular flexibility index (Phi) is 3.99. The highest BCUT2D eigenvalue weighted by molar-refractivity contribution is 9.10. The first-order chi connectivity index (χ1) is 11.0. The molecule has 0 saturated carbocycles. The van der Waals surface area contributed by atoms with Gasteiger partial charge < -0.3 is 9.64 Å². The first-order valence-corrected chi connectivity index (χ1v) is 7.42. The minimum atomic E-state index is -0.487. The third kappa shape index (κ3) is 2.77. The van der Waals surface area contributed by atoms with Gasteiger partial charge in [-0.2, -0.15) is 5.10 Å². The molecule has 0 spiro atoms. The lowest BCUT2D eigenvalue weighted by molar-refractivity contribution is 0.0987. The lowest BCUT2D eigenvalue weighted by Gasteiger charge is -2.17. The average molecular weight is 379 g/mol. The van der Waals surface area contributed by atoms with E-state index in [4.69, 9.17) is 4.74 Å². The number of ether oxygens (including phenoxy) is 1. The molecule has 6 nitrogen and oxygen atoms in total. The third-order valence-electron chi connectivity index (χ3n) is 3.37. The van der Waals surface area contributed by atoms with Crippen molar-refractivity contribution in [2.75, 3.05) is 19.1 Å². The van der Waals surface area contributed by atoms with E-state index in [0.717, 1.165) is 0 Å². The van der Waals surface area contributed by atoms with Gasteiger partial charge in [-0.15, -0.1) is 0 Å². The number of carbonyl (C=O) groups excluding carboxylic acids is 1. The van der Waals surface area contributed by atoms with Crippen LogP contribution in [0.5, 0.6) is 5.75 Å². The van der Waals surface area contributed by atoms with Crippen LogP contribution >= 0.6 is 15.9 Å². The first kappa shape index (κ1) is 15.4. The standard InChI is InChI=1S/C15H12BrFN4O2/c1-20(9-3-4-10(17)12(7-9)23-2)15(22)11-5-6-14-18-8-13(16)21(14)19-11/h3-8H,1-2H3. The van der Waals surface area contributed by atoms with Gasteiger partial charge in [0.25, 0.3) is 5.91 Å². The second kappa shape index (κ2) is 5.96. The first-order valence-electron chi connectivity index (χ1n) is 6.63. The van der Waals surface area contributed by atoms with E-state index < -0.39 is 5.82 Å². The van der Waals surface area contributed by atoms with Crippen LogP contribution in [-0.2, 0) is 0 Å². The number of carbonyl (C=O) groups is 1. The molecule has 0 fully saturated rings. The quantitative estimate of drug-likeness (QED) is 0.702. The zero-order valence-corrected chi connectivity index (χ0v) is 13.9. The van der Waals surface area contributed by atoms with Crippen molar-refractivity contribution >= 4 is 33.2 Å². The van der Waals surface area contributed by atoms with Crippen molar-refractivity contribution in [1.82, 2.24) is 14.6 Å². The van der Waals surface area contributed by atoms with Crippen LogP contribution < -0.4 is 9.64 Å². The predicted molar refractivity (Wildman–Crippen MR) is 86.4 cm³/mol. The molecular weight excluding hydrogens is 367 g/mol. The Bertz CT molecular complexity index is 896. The molecule has 1 amide bonds. The fraction of sp³-hybridized carbons (Fsp3) is 0.133. The van der Waals surface area contributed by atoms with Gasteiger partial charge in [0.2, 0.25) is 0 Å². The second-order valence-electron chi connectivity index (χ2n) is 4.75. The maximum atomic E-state index is 13.5. The molecule has 3 rings (SSSR count). The van der Waals surface area contributed by atoms with Gasteiger partial charge >= 0.3 is 0 Å². The molecule has 0 aliphatic heterocycles. The highest BCUT2D eigenvalue weighted by Gasteiger charge is 2.18. The summed E-state index contributed by atoms with van der Waals surface area (Å²) in [6.07, 6.45) is 1.60. The van der Waals surface area contributed by atoms with Crippen molar-refractivity contribution in [2.24, 2.45) is 0 Å².